The van der Waals surface area contributed by atoms with Gasteiger partial charge in [0.15, 0.2) is 0 Å². The van der Waals surface area contributed by atoms with Crippen molar-refractivity contribution in [2.24, 2.45) is 0 Å². The molecule has 25 heavy (non-hydrogen) atoms. The number of aliphatic hydroxyl groups excluding tert-OH is 3. The van der Waals surface area contributed by atoms with Crippen molar-refractivity contribution in [2.75, 3.05) is 6.61 Å². The van der Waals surface area contributed by atoms with Crippen LogP contribution in [0.15, 0.2) is 24.3 Å². The second kappa shape index (κ2) is 7.57. The van der Waals surface area contributed by atoms with Crippen molar-refractivity contribution in [1.29, 1.82) is 0 Å². The lowest BCUT2D eigenvalue weighted by atomic mass is 9.99. The maximum absolute atomic E-state index is 10.6. The van der Waals surface area contributed by atoms with Crippen molar-refractivity contribution >= 4 is 16.1 Å². The summed E-state index contributed by atoms with van der Waals surface area (Å²) in [4.78, 5) is 9.96. The lowest BCUT2D eigenvalue weighted by Crippen LogP contribution is -2.60. The van der Waals surface area contributed by atoms with Crippen LogP contribution in [0.3, 0.4) is 0 Å². The van der Waals surface area contributed by atoms with Crippen LogP contribution >= 0.6 is 0 Å². The van der Waals surface area contributed by atoms with Gasteiger partial charge < -0.3 is 24.8 Å². The van der Waals surface area contributed by atoms with E-state index in [-0.39, 0.29) is 11.4 Å². The van der Waals surface area contributed by atoms with Gasteiger partial charge in [-0.05, 0) is 12.1 Å². The molecule has 0 spiro atoms. The van der Waals surface area contributed by atoms with E-state index in [1.54, 1.807) is 0 Å². The molecule has 13 heteroatoms. The van der Waals surface area contributed by atoms with Crippen molar-refractivity contribution in [3.05, 3.63) is 34.4 Å². The number of hydrogen-bond donors (Lipinski definition) is 4. The summed E-state index contributed by atoms with van der Waals surface area (Å²) in [7, 11) is -4.81. The second-order valence-corrected chi connectivity index (χ2v) is 6.19. The van der Waals surface area contributed by atoms with E-state index in [0.29, 0.717) is 0 Å². The van der Waals surface area contributed by atoms with E-state index >= 15 is 0 Å². The molecule has 2 rings (SSSR count). The normalized spacial score (nSPS) is 30.0. The zero-order valence-electron chi connectivity index (χ0n) is 12.4. The number of rotatable bonds is 6. The Hall–Kier alpha value is -1.87. The number of nitro benzene ring substituents is 1. The van der Waals surface area contributed by atoms with Gasteiger partial charge in [-0.2, -0.15) is 8.42 Å². The van der Waals surface area contributed by atoms with Crippen LogP contribution in [0.5, 0.6) is 5.75 Å². The molecule has 140 valence electrons. The minimum absolute atomic E-state index is 0.0488. The van der Waals surface area contributed by atoms with Gasteiger partial charge in [0.25, 0.3) is 5.69 Å². The Morgan fingerprint density at radius 2 is 1.72 bits per heavy atom. The molecule has 1 aliphatic rings. The Kier molecular flexibility index (Phi) is 5.89. The number of non-ortho nitro benzene ring substituents is 1. The number of hydrogen-bond acceptors (Lipinski definition) is 10. The molecule has 1 saturated heterocycles. The minimum atomic E-state index is -4.81. The molecule has 1 aromatic carbocycles. The molecule has 0 amide bonds. The van der Waals surface area contributed by atoms with Crippen LogP contribution in [0.25, 0.3) is 0 Å². The summed E-state index contributed by atoms with van der Waals surface area (Å²) in [6.07, 6.45) is -8.15. The van der Waals surface area contributed by atoms with Gasteiger partial charge in [-0.25, -0.2) is 4.18 Å². The van der Waals surface area contributed by atoms with Gasteiger partial charge in [-0.1, -0.05) is 0 Å². The largest absolute Gasteiger partial charge is 0.462 e. The second-order valence-electron chi connectivity index (χ2n) is 5.10. The Bertz CT molecular complexity index is 706. The summed E-state index contributed by atoms with van der Waals surface area (Å²) >= 11 is 0. The van der Waals surface area contributed by atoms with Crippen molar-refractivity contribution in [3.8, 4) is 5.75 Å². The highest BCUT2D eigenvalue weighted by Gasteiger charge is 2.45. The molecule has 0 aromatic heterocycles. The van der Waals surface area contributed by atoms with Crippen molar-refractivity contribution in [3.63, 3.8) is 0 Å². The van der Waals surface area contributed by atoms with Gasteiger partial charge in [0.2, 0.25) is 6.29 Å². The fourth-order valence-corrected chi connectivity index (χ4v) is 2.39. The fraction of sp³-hybridized carbons (Fsp3) is 0.500. The minimum Gasteiger partial charge on any atom is -0.462 e. The molecular weight excluding hydrogens is 366 g/mol. The Morgan fingerprint density at radius 1 is 1.12 bits per heavy atom. The zero-order chi connectivity index (χ0) is 18.8. The number of nitro groups is 1. The lowest BCUT2D eigenvalue weighted by Gasteiger charge is -2.39. The number of nitrogens with zero attached hydrogens (tertiary/aromatic N) is 1. The number of benzene rings is 1. The first-order valence-corrected chi connectivity index (χ1v) is 8.17. The third kappa shape index (κ3) is 5.05. The predicted molar refractivity (Wildman–Crippen MR) is 77.9 cm³/mol. The van der Waals surface area contributed by atoms with Gasteiger partial charge in [0.1, 0.15) is 30.2 Å². The standard InChI is InChI=1S/C12H15NO11S/c14-9-8(5-22-25(19,20)21)24-12(11(16)10(9)15)23-7-3-1-6(2-4-7)13(17)18/h1-4,8-12,14-16H,5H2,(H,19,20,21)/t8-,9+,10+,11-,12-/m1/s1. The lowest BCUT2D eigenvalue weighted by molar-refractivity contribution is -0.384. The highest BCUT2D eigenvalue weighted by molar-refractivity contribution is 7.80. The van der Waals surface area contributed by atoms with Crippen LogP contribution in [0, 0.1) is 10.1 Å². The average Bonchev–Trinajstić information content (AvgIpc) is 2.54. The Balaban J connectivity index is 2.08. The average molecular weight is 381 g/mol. The summed E-state index contributed by atoms with van der Waals surface area (Å²) < 4.78 is 44.2. The van der Waals surface area contributed by atoms with E-state index in [0.717, 1.165) is 12.1 Å². The number of ether oxygens (including phenoxy) is 2. The van der Waals surface area contributed by atoms with Crippen LogP contribution < -0.4 is 4.74 Å². The monoisotopic (exact) mass is 381 g/mol. The van der Waals surface area contributed by atoms with Gasteiger partial charge in [0, 0.05) is 12.1 Å². The SMILES string of the molecule is O=[N+]([O-])c1ccc(O[C@@H]2O[C@H](COS(=O)(=O)O)[C@H](O)[C@H](O)[C@H]2O)cc1. The van der Waals surface area contributed by atoms with Gasteiger partial charge in [-0.15, -0.1) is 0 Å². The Labute approximate surface area is 141 Å². The predicted octanol–water partition coefficient (Wildman–Crippen LogP) is -1.40. The van der Waals surface area contributed by atoms with Crippen molar-refractivity contribution < 1.29 is 46.9 Å². The molecule has 0 aliphatic carbocycles. The third-order valence-corrected chi connectivity index (χ3v) is 3.78. The van der Waals surface area contributed by atoms with Crippen LogP contribution in [-0.2, 0) is 19.3 Å². The third-order valence-electron chi connectivity index (χ3n) is 3.35. The van der Waals surface area contributed by atoms with Crippen LogP contribution in [-0.4, -0.2) is 70.5 Å². The Morgan fingerprint density at radius 3 is 2.24 bits per heavy atom. The summed E-state index contributed by atoms with van der Waals surface area (Å²) in [5, 5.41) is 40.0. The van der Waals surface area contributed by atoms with Crippen LogP contribution in [0.1, 0.15) is 0 Å². The molecule has 1 fully saturated rings. The molecular formula is C12H15NO11S. The molecule has 4 N–H and O–H groups in total. The number of aliphatic hydroxyl groups is 3. The smallest absolute Gasteiger partial charge is 0.397 e. The molecule has 1 aliphatic heterocycles. The van der Waals surface area contributed by atoms with Crippen LogP contribution in [0.4, 0.5) is 5.69 Å². The maximum atomic E-state index is 10.6. The molecule has 5 atom stereocenters. The molecule has 0 unspecified atom stereocenters. The van der Waals surface area contributed by atoms with Crippen molar-refractivity contribution in [1.82, 2.24) is 0 Å². The molecule has 0 saturated carbocycles. The highest BCUT2D eigenvalue weighted by atomic mass is 32.3. The molecule has 0 radical (unpaired) electrons. The molecule has 1 heterocycles. The molecule has 1 aromatic rings. The van der Waals surface area contributed by atoms with E-state index in [1.807, 2.05) is 0 Å². The summed E-state index contributed by atoms with van der Waals surface area (Å²) in [5.41, 5.74) is -0.202. The first kappa shape index (κ1) is 19.5. The summed E-state index contributed by atoms with van der Waals surface area (Å²) in [6, 6.07) is 4.70. The van der Waals surface area contributed by atoms with Gasteiger partial charge >= 0.3 is 10.4 Å². The first-order chi connectivity index (χ1) is 11.6. The quantitative estimate of drug-likeness (QED) is 0.258. The van der Waals surface area contributed by atoms with Crippen molar-refractivity contribution in [2.45, 2.75) is 30.7 Å². The van der Waals surface area contributed by atoms with E-state index in [4.69, 9.17) is 14.0 Å². The summed E-state index contributed by atoms with van der Waals surface area (Å²) in [5.74, 6) is 0.0488. The van der Waals surface area contributed by atoms with Crippen LogP contribution in [0.2, 0.25) is 0 Å². The molecule has 0 bridgehead atoms. The highest BCUT2D eigenvalue weighted by Crippen LogP contribution is 2.26. The van der Waals surface area contributed by atoms with E-state index in [2.05, 4.69) is 4.18 Å². The first-order valence-electron chi connectivity index (χ1n) is 6.81. The van der Waals surface area contributed by atoms with E-state index in [1.165, 1.54) is 12.1 Å². The topological polar surface area (TPSA) is 186 Å². The maximum Gasteiger partial charge on any atom is 0.397 e. The van der Waals surface area contributed by atoms with Gasteiger partial charge in [-0.3, -0.25) is 14.7 Å². The zero-order valence-corrected chi connectivity index (χ0v) is 13.2. The van der Waals surface area contributed by atoms with E-state index in [9.17, 15) is 33.9 Å². The van der Waals surface area contributed by atoms with E-state index < -0.39 is 52.6 Å². The fourth-order valence-electron chi connectivity index (χ4n) is 2.09. The summed E-state index contributed by atoms with van der Waals surface area (Å²) in [6.45, 7) is -0.843. The van der Waals surface area contributed by atoms with Gasteiger partial charge in [0.05, 0.1) is 11.5 Å². The molecule has 12 nitrogen and oxygen atoms in total.